The van der Waals surface area contributed by atoms with Crippen molar-refractivity contribution in [1.29, 1.82) is 0 Å². The highest BCUT2D eigenvalue weighted by atomic mass is 15.1. The number of aromatic nitrogens is 4. The van der Waals surface area contributed by atoms with Gasteiger partial charge < -0.3 is 9.47 Å². The Kier molecular flexibility index (Phi) is 8.75. The number of nitrogens with zero attached hydrogens (tertiary/aromatic N) is 5. The zero-order chi connectivity index (χ0) is 39.8. The molecule has 2 aromatic heterocycles. The first-order valence-corrected chi connectivity index (χ1v) is 20.2. The Labute approximate surface area is 348 Å². The summed E-state index contributed by atoms with van der Waals surface area (Å²) in [6, 6.07) is 78.7. The molecular formula is C55H37N5. The van der Waals surface area contributed by atoms with E-state index in [4.69, 9.17) is 15.0 Å². The van der Waals surface area contributed by atoms with Crippen LogP contribution >= 0.6 is 0 Å². The lowest BCUT2D eigenvalue weighted by atomic mass is 9.98. The Morgan fingerprint density at radius 3 is 1.43 bits per heavy atom. The molecule has 0 radical (unpaired) electrons. The topological polar surface area (TPSA) is 46.8 Å². The van der Waals surface area contributed by atoms with Gasteiger partial charge in [0, 0.05) is 49.9 Å². The fraction of sp³-hybridized carbons (Fsp3) is 0. The van der Waals surface area contributed by atoms with Crippen LogP contribution in [0.1, 0.15) is 0 Å². The molecule has 11 rings (SSSR count). The molecule has 5 heteroatoms. The molecule has 0 aliphatic rings. The van der Waals surface area contributed by atoms with E-state index in [1.165, 1.54) is 11.1 Å². The van der Waals surface area contributed by atoms with Gasteiger partial charge in [-0.3, -0.25) is 0 Å². The van der Waals surface area contributed by atoms with Gasteiger partial charge in [0.15, 0.2) is 17.5 Å². The summed E-state index contributed by atoms with van der Waals surface area (Å²) >= 11 is 0. The van der Waals surface area contributed by atoms with Gasteiger partial charge in [-0.1, -0.05) is 176 Å². The third-order valence-electron chi connectivity index (χ3n) is 11.2. The standard InChI is InChI=1S/C55H37N5/c1-6-19-38(20-7-1)39-33-35-44(36-34-39)59(42-25-12-4-13-26-42)49-37-50-51(46-30-17-16-29-45(46)49)52-47(31-18-32-48(52)60(50)43-27-14-5-15-28-43)55-57-53(40-21-8-2-9-22-40)56-54(58-55)41-23-10-3-11-24-41/h1-37H. The highest BCUT2D eigenvalue weighted by Crippen LogP contribution is 2.47. The van der Waals surface area contributed by atoms with Gasteiger partial charge in [0.2, 0.25) is 0 Å². The van der Waals surface area contributed by atoms with Crippen LogP contribution in [0.4, 0.5) is 17.1 Å². The molecule has 2 heterocycles. The maximum absolute atomic E-state index is 5.23. The minimum Gasteiger partial charge on any atom is -0.310 e. The maximum atomic E-state index is 5.23. The van der Waals surface area contributed by atoms with Crippen molar-refractivity contribution in [2.75, 3.05) is 4.90 Å². The van der Waals surface area contributed by atoms with Crippen LogP contribution in [0.15, 0.2) is 224 Å². The molecule has 0 aliphatic heterocycles. The summed E-state index contributed by atoms with van der Waals surface area (Å²) in [6.45, 7) is 0. The van der Waals surface area contributed by atoms with E-state index < -0.39 is 0 Å². The van der Waals surface area contributed by atoms with Gasteiger partial charge in [0.1, 0.15) is 0 Å². The number of fused-ring (bicyclic) bond motifs is 5. The van der Waals surface area contributed by atoms with Crippen LogP contribution in [0.5, 0.6) is 0 Å². The van der Waals surface area contributed by atoms with E-state index in [1.54, 1.807) is 0 Å². The number of para-hydroxylation sites is 2. The molecule has 0 saturated heterocycles. The van der Waals surface area contributed by atoms with Gasteiger partial charge in [0.05, 0.1) is 16.7 Å². The van der Waals surface area contributed by atoms with Gasteiger partial charge in [-0.05, 0) is 65.0 Å². The second kappa shape index (κ2) is 15.0. The van der Waals surface area contributed by atoms with Crippen LogP contribution in [-0.4, -0.2) is 19.5 Å². The average molecular weight is 768 g/mol. The molecule has 0 spiro atoms. The van der Waals surface area contributed by atoms with Crippen molar-refractivity contribution in [2.24, 2.45) is 0 Å². The first-order chi connectivity index (χ1) is 29.8. The van der Waals surface area contributed by atoms with Gasteiger partial charge >= 0.3 is 0 Å². The monoisotopic (exact) mass is 767 g/mol. The Bertz CT molecular complexity index is 3220. The summed E-state index contributed by atoms with van der Waals surface area (Å²) < 4.78 is 2.39. The lowest BCUT2D eigenvalue weighted by molar-refractivity contribution is 1.08. The molecule has 60 heavy (non-hydrogen) atoms. The zero-order valence-electron chi connectivity index (χ0n) is 32.6. The molecular weight excluding hydrogens is 731 g/mol. The van der Waals surface area contributed by atoms with E-state index in [-0.39, 0.29) is 0 Å². The summed E-state index contributed by atoms with van der Waals surface area (Å²) in [4.78, 5) is 17.9. The Hall–Kier alpha value is -8.15. The molecule has 0 N–H and O–H groups in total. The molecule has 0 atom stereocenters. The van der Waals surface area contributed by atoms with Gasteiger partial charge in [-0.15, -0.1) is 0 Å². The molecule has 0 unspecified atom stereocenters. The fourth-order valence-electron chi connectivity index (χ4n) is 8.49. The molecule has 9 aromatic carbocycles. The quantitative estimate of drug-likeness (QED) is 0.154. The molecule has 0 fully saturated rings. The van der Waals surface area contributed by atoms with E-state index in [9.17, 15) is 0 Å². The minimum absolute atomic E-state index is 0.623. The van der Waals surface area contributed by atoms with Crippen LogP contribution < -0.4 is 4.90 Å². The Morgan fingerprint density at radius 2 is 0.817 bits per heavy atom. The van der Waals surface area contributed by atoms with Crippen molar-refractivity contribution in [3.63, 3.8) is 0 Å². The highest BCUT2D eigenvalue weighted by molar-refractivity contribution is 6.27. The summed E-state index contributed by atoms with van der Waals surface area (Å²) in [7, 11) is 0. The molecule has 11 aromatic rings. The molecule has 5 nitrogen and oxygen atoms in total. The van der Waals surface area contributed by atoms with E-state index in [2.05, 4.69) is 198 Å². The highest BCUT2D eigenvalue weighted by Gasteiger charge is 2.25. The summed E-state index contributed by atoms with van der Waals surface area (Å²) in [6.07, 6.45) is 0. The van der Waals surface area contributed by atoms with Crippen LogP contribution in [0, 0.1) is 0 Å². The second-order valence-electron chi connectivity index (χ2n) is 14.8. The minimum atomic E-state index is 0.623. The van der Waals surface area contributed by atoms with Gasteiger partial charge in [-0.25, -0.2) is 15.0 Å². The van der Waals surface area contributed by atoms with E-state index >= 15 is 0 Å². The third-order valence-corrected chi connectivity index (χ3v) is 11.2. The molecule has 282 valence electrons. The first-order valence-electron chi connectivity index (χ1n) is 20.2. The van der Waals surface area contributed by atoms with Crippen molar-refractivity contribution in [1.82, 2.24) is 19.5 Å². The van der Waals surface area contributed by atoms with E-state index in [0.717, 1.165) is 72.0 Å². The van der Waals surface area contributed by atoms with Crippen LogP contribution in [-0.2, 0) is 0 Å². The van der Waals surface area contributed by atoms with Crippen molar-refractivity contribution in [3.8, 4) is 51.0 Å². The summed E-state index contributed by atoms with van der Waals surface area (Å²) in [5.74, 6) is 1.89. The molecule has 0 amide bonds. The molecule has 0 bridgehead atoms. The van der Waals surface area contributed by atoms with Gasteiger partial charge in [0.25, 0.3) is 0 Å². The van der Waals surface area contributed by atoms with Crippen LogP contribution in [0.2, 0.25) is 0 Å². The normalized spacial score (nSPS) is 11.3. The number of hydrogen-bond donors (Lipinski definition) is 0. The molecule has 0 saturated carbocycles. The van der Waals surface area contributed by atoms with Crippen molar-refractivity contribution in [3.05, 3.63) is 224 Å². The number of benzene rings is 9. The summed E-state index contributed by atoms with van der Waals surface area (Å²) in [5.41, 5.74) is 11.6. The largest absolute Gasteiger partial charge is 0.310 e. The Morgan fingerprint density at radius 1 is 0.333 bits per heavy atom. The van der Waals surface area contributed by atoms with Gasteiger partial charge in [-0.2, -0.15) is 0 Å². The van der Waals surface area contributed by atoms with Crippen molar-refractivity contribution >= 4 is 49.6 Å². The predicted octanol–water partition coefficient (Wildman–Crippen LogP) is 14.3. The number of hydrogen-bond acceptors (Lipinski definition) is 4. The van der Waals surface area contributed by atoms with E-state index in [0.29, 0.717) is 17.5 Å². The smallest absolute Gasteiger partial charge is 0.164 e. The lowest BCUT2D eigenvalue weighted by Gasteiger charge is -2.27. The zero-order valence-corrected chi connectivity index (χ0v) is 32.6. The van der Waals surface area contributed by atoms with Crippen molar-refractivity contribution in [2.45, 2.75) is 0 Å². The van der Waals surface area contributed by atoms with E-state index in [1.807, 2.05) is 36.4 Å². The Balaban J connectivity index is 1.22. The number of anilines is 3. The van der Waals surface area contributed by atoms with Crippen molar-refractivity contribution < 1.29 is 0 Å². The lowest BCUT2D eigenvalue weighted by Crippen LogP contribution is -2.10. The summed E-state index contributed by atoms with van der Waals surface area (Å²) in [5, 5.41) is 4.49. The first kappa shape index (κ1) is 35.0. The predicted molar refractivity (Wildman–Crippen MR) is 248 cm³/mol. The van der Waals surface area contributed by atoms with Crippen LogP contribution in [0.3, 0.4) is 0 Å². The molecule has 0 aliphatic carbocycles. The third kappa shape index (κ3) is 6.17. The number of rotatable bonds is 8. The maximum Gasteiger partial charge on any atom is 0.164 e. The van der Waals surface area contributed by atoms with Crippen LogP contribution in [0.25, 0.3) is 83.6 Å². The second-order valence-corrected chi connectivity index (χ2v) is 14.8. The SMILES string of the molecule is c1ccc(-c2ccc(N(c3ccccc3)c3cc4c(c5ccccc35)c3c(-c5nc(-c6ccccc6)nc(-c6ccccc6)n5)cccc3n4-c3ccccc3)cc2)cc1. The average Bonchev–Trinajstić information content (AvgIpc) is 3.68. The fourth-order valence-corrected chi connectivity index (χ4v) is 8.49.